The Kier molecular flexibility index (Phi) is 3.58. The number of pyridine rings is 1. The molecular weight excluding hydrogens is 242 g/mol. The third-order valence-electron chi connectivity index (χ3n) is 2.09. The molecule has 88 valence electrons. The molecule has 0 bridgehead atoms. The number of hydrogen-bond donors (Lipinski definition) is 1. The maximum atomic E-state index is 13.5. The Hall–Kier alpha value is -1.62. The Morgan fingerprint density at radius 3 is 2.47 bits per heavy atom. The van der Waals surface area contributed by atoms with Crippen LogP contribution in [0.4, 0.5) is 14.6 Å². The Morgan fingerprint density at radius 1 is 1.12 bits per heavy atom. The highest BCUT2D eigenvalue weighted by molar-refractivity contribution is 7.99. The van der Waals surface area contributed by atoms with Gasteiger partial charge in [0.25, 0.3) is 0 Å². The molecule has 2 aromatic rings. The molecule has 0 aliphatic carbocycles. The fourth-order valence-corrected chi connectivity index (χ4v) is 2.11. The number of hydrogen-bond acceptors (Lipinski definition) is 3. The zero-order valence-electron chi connectivity index (χ0n) is 9.08. The van der Waals surface area contributed by atoms with Gasteiger partial charge in [0.1, 0.15) is 5.03 Å². The SMILES string of the molecule is CNc1nc(Sc2ccccc2)c(F)cc1F. The zero-order valence-corrected chi connectivity index (χ0v) is 9.89. The van der Waals surface area contributed by atoms with Gasteiger partial charge in [-0.25, -0.2) is 13.8 Å². The number of benzene rings is 1. The second-order valence-electron chi connectivity index (χ2n) is 3.27. The lowest BCUT2D eigenvalue weighted by Crippen LogP contribution is -1.99. The Balaban J connectivity index is 2.33. The standard InChI is InChI=1S/C12H10F2N2S/c1-15-11-9(13)7-10(14)12(16-11)17-8-5-3-2-4-6-8/h2-7H,1H3,(H,15,16). The van der Waals surface area contributed by atoms with Crippen molar-refractivity contribution in [2.75, 3.05) is 12.4 Å². The van der Waals surface area contributed by atoms with E-state index in [4.69, 9.17) is 0 Å². The van der Waals surface area contributed by atoms with Crippen molar-refractivity contribution < 1.29 is 8.78 Å². The molecule has 2 rings (SSSR count). The topological polar surface area (TPSA) is 24.9 Å². The van der Waals surface area contributed by atoms with Gasteiger partial charge in [-0.15, -0.1) is 0 Å². The normalized spacial score (nSPS) is 10.3. The van der Waals surface area contributed by atoms with E-state index in [1.54, 1.807) is 7.05 Å². The van der Waals surface area contributed by atoms with Gasteiger partial charge in [0, 0.05) is 18.0 Å². The van der Waals surface area contributed by atoms with Crippen molar-refractivity contribution in [3.05, 3.63) is 48.0 Å². The van der Waals surface area contributed by atoms with E-state index < -0.39 is 11.6 Å². The molecule has 0 saturated heterocycles. The summed E-state index contributed by atoms with van der Waals surface area (Å²) in [5, 5.41) is 2.74. The molecule has 0 fully saturated rings. The minimum Gasteiger partial charge on any atom is -0.371 e. The first-order valence-corrected chi connectivity index (χ1v) is 5.79. The summed E-state index contributed by atoms with van der Waals surface area (Å²) in [6.45, 7) is 0. The molecule has 1 heterocycles. The number of nitrogens with zero attached hydrogens (tertiary/aromatic N) is 1. The zero-order chi connectivity index (χ0) is 12.3. The number of nitrogens with one attached hydrogen (secondary N) is 1. The van der Waals surface area contributed by atoms with Crippen LogP contribution >= 0.6 is 11.8 Å². The average molecular weight is 252 g/mol. The maximum absolute atomic E-state index is 13.5. The molecule has 0 aliphatic rings. The van der Waals surface area contributed by atoms with Crippen LogP contribution < -0.4 is 5.32 Å². The quantitative estimate of drug-likeness (QED) is 0.904. The van der Waals surface area contributed by atoms with Crippen molar-refractivity contribution in [1.82, 2.24) is 4.98 Å². The van der Waals surface area contributed by atoms with Crippen LogP contribution in [0.15, 0.2) is 46.3 Å². The van der Waals surface area contributed by atoms with Gasteiger partial charge in [-0.1, -0.05) is 30.0 Å². The summed E-state index contributed by atoms with van der Waals surface area (Å²) in [5.41, 5.74) is 0. The maximum Gasteiger partial charge on any atom is 0.168 e. The third-order valence-corrected chi connectivity index (χ3v) is 3.08. The fourth-order valence-electron chi connectivity index (χ4n) is 1.30. The fraction of sp³-hybridized carbons (Fsp3) is 0.0833. The van der Waals surface area contributed by atoms with E-state index in [0.29, 0.717) is 0 Å². The highest BCUT2D eigenvalue weighted by Crippen LogP contribution is 2.29. The van der Waals surface area contributed by atoms with Gasteiger partial charge < -0.3 is 5.32 Å². The van der Waals surface area contributed by atoms with Crippen molar-refractivity contribution in [2.45, 2.75) is 9.92 Å². The smallest absolute Gasteiger partial charge is 0.168 e. The van der Waals surface area contributed by atoms with Crippen LogP contribution in [0.3, 0.4) is 0 Å². The lowest BCUT2D eigenvalue weighted by atomic mass is 10.4. The monoisotopic (exact) mass is 252 g/mol. The minimum atomic E-state index is -0.692. The molecule has 2 nitrogen and oxygen atoms in total. The largest absolute Gasteiger partial charge is 0.371 e. The summed E-state index contributed by atoms with van der Waals surface area (Å²) in [6, 6.07) is 10.1. The number of halogens is 2. The van der Waals surface area contributed by atoms with Gasteiger partial charge in [0.2, 0.25) is 0 Å². The first kappa shape index (κ1) is 11.9. The van der Waals surface area contributed by atoms with Crippen molar-refractivity contribution >= 4 is 17.6 Å². The van der Waals surface area contributed by atoms with E-state index in [9.17, 15) is 8.78 Å². The van der Waals surface area contributed by atoms with E-state index in [2.05, 4.69) is 10.3 Å². The molecule has 17 heavy (non-hydrogen) atoms. The second-order valence-corrected chi connectivity index (χ2v) is 4.33. The molecular formula is C12H10F2N2S. The highest BCUT2D eigenvalue weighted by Gasteiger charge is 2.11. The molecule has 0 saturated carbocycles. The van der Waals surface area contributed by atoms with Gasteiger partial charge in [-0.2, -0.15) is 0 Å². The van der Waals surface area contributed by atoms with Crippen LogP contribution in [0, 0.1) is 11.6 Å². The minimum absolute atomic E-state index is 0.0461. The lowest BCUT2D eigenvalue weighted by molar-refractivity contribution is 0.552. The molecule has 0 aliphatic heterocycles. The predicted molar refractivity (Wildman–Crippen MR) is 64.3 cm³/mol. The van der Waals surface area contributed by atoms with Crippen LogP contribution in [0.25, 0.3) is 0 Å². The van der Waals surface area contributed by atoms with Crippen molar-refractivity contribution in [2.24, 2.45) is 0 Å². The average Bonchev–Trinajstić information content (AvgIpc) is 2.34. The number of rotatable bonds is 3. The van der Waals surface area contributed by atoms with Crippen molar-refractivity contribution in [3.8, 4) is 0 Å². The third kappa shape index (κ3) is 2.74. The molecule has 0 spiro atoms. The summed E-state index contributed by atoms with van der Waals surface area (Å²) in [5.74, 6) is -1.30. The highest BCUT2D eigenvalue weighted by atomic mass is 32.2. The van der Waals surface area contributed by atoms with E-state index in [1.807, 2.05) is 30.3 Å². The molecule has 1 N–H and O–H groups in total. The molecule has 1 aromatic heterocycles. The Bertz CT molecular complexity index is 517. The molecule has 0 atom stereocenters. The van der Waals surface area contributed by atoms with Gasteiger partial charge in [0.15, 0.2) is 17.5 Å². The van der Waals surface area contributed by atoms with Crippen LogP contribution in [0.2, 0.25) is 0 Å². The van der Waals surface area contributed by atoms with Crippen LogP contribution in [-0.2, 0) is 0 Å². The first-order chi connectivity index (χ1) is 8.20. The summed E-state index contributed by atoms with van der Waals surface area (Å²) in [4.78, 5) is 4.74. The van der Waals surface area contributed by atoms with E-state index in [1.165, 1.54) is 0 Å². The number of anilines is 1. The van der Waals surface area contributed by atoms with E-state index >= 15 is 0 Å². The summed E-state index contributed by atoms with van der Waals surface area (Å²) in [7, 11) is 1.54. The summed E-state index contributed by atoms with van der Waals surface area (Å²) < 4.78 is 26.7. The molecule has 0 amide bonds. The van der Waals surface area contributed by atoms with Crippen LogP contribution in [-0.4, -0.2) is 12.0 Å². The van der Waals surface area contributed by atoms with Gasteiger partial charge in [-0.3, -0.25) is 0 Å². The predicted octanol–water partition coefficient (Wildman–Crippen LogP) is 3.55. The summed E-state index contributed by atoms with van der Waals surface area (Å²) in [6.07, 6.45) is 0. The Labute approximate surface area is 102 Å². The second kappa shape index (κ2) is 5.14. The van der Waals surface area contributed by atoms with Crippen LogP contribution in [0.5, 0.6) is 0 Å². The first-order valence-electron chi connectivity index (χ1n) is 4.97. The molecule has 1 aromatic carbocycles. The van der Waals surface area contributed by atoms with Gasteiger partial charge >= 0.3 is 0 Å². The molecule has 0 unspecified atom stereocenters. The van der Waals surface area contributed by atoms with E-state index in [0.717, 1.165) is 22.7 Å². The van der Waals surface area contributed by atoms with Gasteiger partial charge in [0.05, 0.1) is 0 Å². The number of aromatic nitrogens is 1. The molecule has 5 heteroatoms. The van der Waals surface area contributed by atoms with E-state index in [-0.39, 0.29) is 10.8 Å². The van der Waals surface area contributed by atoms with Crippen molar-refractivity contribution in [3.63, 3.8) is 0 Å². The summed E-state index contributed by atoms with van der Waals surface area (Å²) >= 11 is 1.16. The molecule has 0 radical (unpaired) electrons. The lowest BCUT2D eigenvalue weighted by Gasteiger charge is -2.06. The van der Waals surface area contributed by atoms with Gasteiger partial charge in [-0.05, 0) is 12.1 Å². The van der Waals surface area contributed by atoms with Crippen LogP contribution in [0.1, 0.15) is 0 Å². The Morgan fingerprint density at radius 2 is 1.82 bits per heavy atom. The van der Waals surface area contributed by atoms with Crippen molar-refractivity contribution in [1.29, 1.82) is 0 Å².